The van der Waals surface area contributed by atoms with Crippen LogP contribution < -0.4 is 5.32 Å². The maximum absolute atomic E-state index is 13.0. The summed E-state index contributed by atoms with van der Waals surface area (Å²) in [6.07, 6.45) is 5.15. The van der Waals surface area contributed by atoms with Crippen molar-refractivity contribution in [3.63, 3.8) is 0 Å². The number of nitrogens with zero attached hydrogens (tertiary/aromatic N) is 3. The molecule has 128 valence electrons. The maximum atomic E-state index is 13.0. The molecule has 0 aliphatic rings. The minimum atomic E-state index is -0.267. The van der Waals surface area contributed by atoms with Gasteiger partial charge in [-0.25, -0.2) is 4.52 Å². The number of pyridine rings is 2. The van der Waals surface area contributed by atoms with Crippen molar-refractivity contribution in [1.82, 2.24) is 19.9 Å². The Morgan fingerprint density at radius 3 is 2.42 bits per heavy atom. The molecule has 0 fully saturated rings. The summed E-state index contributed by atoms with van der Waals surface area (Å²) in [5.74, 6) is -0.179. The molecule has 5 nitrogen and oxygen atoms in total. The number of rotatable bonds is 4. The van der Waals surface area contributed by atoms with Gasteiger partial charge in [0.15, 0.2) is 0 Å². The van der Waals surface area contributed by atoms with E-state index in [0.717, 1.165) is 16.6 Å². The van der Waals surface area contributed by atoms with Gasteiger partial charge in [0.2, 0.25) is 0 Å². The fourth-order valence-electron chi connectivity index (χ4n) is 3.00. The smallest absolute Gasteiger partial charge is 0.270 e. The van der Waals surface area contributed by atoms with E-state index in [2.05, 4.69) is 15.4 Å². The fraction of sp³-hybridized carbons (Fsp3) is 0.0952. The van der Waals surface area contributed by atoms with Gasteiger partial charge < -0.3 is 5.32 Å². The van der Waals surface area contributed by atoms with E-state index in [-0.39, 0.29) is 11.9 Å². The second-order valence-electron chi connectivity index (χ2n) is 6.18. The minimum absolute atomic E-state index is 0.179. The third kappa shape index (κ3) is 3.07. The topological polar surface area (TPSA) is 59.3 Å². The highest BCUT2D eigenvalue weighted by Crippen LogP contribution is 2.22. The number of hydrogen-bond acceptors (Lipinski definition) is 3. The quantitative estimate of drug-likeness (QED) is 0.617. The number of hydrogen-bond donors (Lipinski definition) is 1. The van der Waals surface area contributed by atoms with Gasteiger partial charge in [-0.15, -0.1) is 0 Å². The van der Waals surface area contributed by atoms with E-state index in [0.29, 0.717) is 5.69 Å². The van der Waals surface area contributed by atoms with Gasteiger partial charge >= 0.3 is 0 Å². The highest BCUT2D eigenvalue weighted by atomic mass is 16.2. The molecule has 0 saturated carbocycles. The van der Waals surface area contributed by atoms with Gasteiger partial charge in [0.05, 0.1) is 17.8 Å². The Balaban J connectivity index is 1.72. The molecule has 3 heterocycles. The third-order valence-electron chi connectivity index (χ3n) is 4.38. The van der Waals surface area contributed by atoms with Crippen LogP contribution in [-0.4, -0.2) is 20.5 Å². The molecule has 1 atom stereocenters. The number of benzene rings is 1. The van der Waals surface area contributed by atoms with Crippen molar-refractivity contribution in [2.75, 3.05) is 0 Å². The van der Waals surface area contributed by atoms with Gasteiger partial charge in [-0.2, -0.15) is 5.10 Å². The second kappa shape index (κ2) is 6.80. The summed E-state index contributed by atoms with van der Waals surface area (Å²) in [7, 11) is 0. The molecule has 1 unspecified atom stereocenters. The first kappa shape index (κ1) is 16.0. The lowest BCUT2D eigenvalue weighted by Crippen LogP contribution is -2.30. The van der Waals surface area contributed by atoms with Crippen molar-refractivity contribution >= 4 is 11.4 Å². The molecule has 1 N–H and O–H groups in total. The highest BCUT2D eigenvalue weighted by Gasteiger charge is 2.19. The van der Waals surface area contributed by atoms with E-state index in [1.807, 2.05) is 61.5 Å². The Bertz CT molecular complexity index is 1040. The van der Waals surface area contributed by atoms with E-state index in [1.54, 1.807) is 29.2 Å². The summed E-state index contributed by atoms with van der Waals surface area (Å²) < 4.78 is 1.65. The van der Waals surface area contributed by atoms with Gasteiger partial charge in [-0.1, -0.05) is 35.9 Å². The van der Waals surface area contributed by atoms with Gasteiger partial charge in [0.25, 0.3) is 5.91 Å². The van der Waals surface area contributed by atoms with Crippen LogP contribution in [0.15, 0.2) is 79.3 Å². The molecule has 0 saturated heterocycles. The average molecular weight is 342 g/mol. The first-order chi connectivity index (χ1) is 12.7. The zero-order chi connectivity index (χ0) is 17.9. The van der Waals surface area contributed by atoms with Gasteiger partial charge in [0, 0.05) is 12.4 Å². The zero-order valence-electron chi connectivity index (χ0n) is 14.3. The molecule has 0 spiro atoms. The number of aryl methyl sites for hydroxylation is 1. The number of carbonyl (C=O) groups is 1. The van der Waals surface area contributed by atoms with E-state index < -0.39 is 0 Å². The Morgan fingerprint density at radius 2 is 1.65 bits per heavy atom. The Labute approximate surface area is 151 Å². The van der Waals surface area contributed by atoms with Crippen molar-refractivity contribution in [3.05, 3.63) is 102 Å². The van der Waals surface area contributed by atoms with Crippen LogP contribution in [0.25, 0.3) is 5.52 Å². The lowest BCUT2D eigenvalue weighted by Gasteiger charge is -2.20. The summed E-state index contributed by atoms with van der Waals surface area (Å²) in [4.78, 5) is 17.1. The van der Waals surface area contributed by atoms with E-state index >= 15 is 0 Å². The highest BCUT2D eigenvalue weighted by molar-refractivity contribution is 5.93. The number of fused-ring (bicyclic) bond motifs is 1. The predicted octanol–water partition coefficient (Wildman–Crippen LogP) is 3.56. The van der Waals surface area contributed by atoms with Crippen LogP contribution in [0, 0.1) is 6.92 Å². The molecule has 0 bridgehead atoms. The van der Waals surface area contributed by atoms with Gasteiger partial charge in [0.1, 0.15) is 5.69 Å². The molecule has 0 aliphatic carbocycles. The Kier molecular flexibility index (Phi) is 4.19. The average Bonchev–Trinajstić information content (AvgIpc) is 3.16. The standard InChI is InChI=1S/C21H18N4O/c1-15-5-7-16(8-6-15)20(17-9-12-22-13-10-17)24-21(26)19-4-2-3-18-11-14-23-25(18)19/h2-14,20H,1H3,(H,24,26). The SMILES string of the molecule is Cc1ccc(C(NC(=O)c2cccc3ccnn23)c2ccncc2)cc1. The van der Waals surface area contributed by atoms with Crippen LogP contribution in [0.4, 0.5) is 0 Å². The molecular formula is C21H18N4O. The first-order valence-corrected chi connectivity index (χ1v) is 8.42. The number of amides is 1. The van der Waals surface area contributed by atoms with Crippen LogP contribution in [0.3, 0.4) is 0 Å². The monoisotopic (exact) mass is 342 g/mol. The minimum Gasteiger partial charge on any atom is -0.340 e. The van der Waals surface area contributed by atoms with E-state index in [1.165, 1.54) is 5.56 Å². The van der Waals surface area contributed by atoms with Crippen LogP contribution in [0.5, 0.6) is 0 Å². The largest absolute Gasteiger partial charge is 0.340 e. The fourth-order valence-corrected chi connectivity index (χ4v) is 3.00. The van der Waals surface area contributed by atoms with Crippen molar-refractivity contribution in [3.8, 4) is 0 Å². The maximum Gasteiger partial charge on any atom is 0.270 e. The third-order valence-corrected chi connectivity index (χ3v) is 4.38. The number of aromatic nitrogens is 3. The molecule has 4 rings (SSSR count). The zero-order valence-corrected chi connectivity index (χ0v) is 14.3. The normalized spacial score (nSPS) is 12.0. The summed E-state index contributed by atoms with van der Waals surface area (Å²) in [6.45, 7) is 2.04. The Hall–Kier alpha value is -3.47. The Morgan fingerprint density at radius 1 is 0.923 bits per heavy atom. The predicted molar refractivity (Wildman–Crippen MR) is 99.9 cm³/mol. The molecule has 0 aliphatic heterocycles. The molecule has 5 heteroatoms. The molecule has 4 aromatic rings. The summed E-state index contributed by atoms with van der Waals surface area (Å²) in [6, 6.07) is 19.2. The van der Waals surface area contributed by atoms with Crippen LogP contribution in [-0.2, 0) is 0 Å². The van der Waals surface area contributed by atoms with Crippen LogP contribution >= 0.6 is 0 Å². The van der Waals surface area contributed by atoms with Crippen molar-refractivity contribution in [1.29, 1.82) is 0 Å². The summed E-state index contributed by atoms with van der Waals surface area (Å²) in [5, 5.41) is 7.39. The molecule has 3 aromatic heterocycles. The van der Waals surface area contributed by atoms with E-state index in [9.17, 15) is 4.79 Å². The second-order valence-corrected chi connectivity index (χ2v) is 6.18. The summed E-state index contributed by atoms with van der Waals surface area (Å²) in [5.41, 5.74) is 4.55. The van der Waals surface area contributed by atoms with E-state index in [4.69, 9.17) is 0 Å². The van der Waals surface area contributed by atoms with Crippen molar-refractivity contribution in [2.45, 2.75) is 13.0 Å². The van der Waals surface area contributed by atoms with Crippen LogP contribution in [0.1, 0.15) is 33.2 Å². The molecule has 1 aromatic carbocycles. The van der Waals surface area contributed by atoms with Crippen LogP contribution in [0.2, 0.25) is 0 Å². The molecule has 1 amide bonds. The van der Waals surface area contributed by atoms with Crippen molar-refractivity contribution < 1.29 is 4.79 Å². The number of nitrogens with one attached hydrogen (secondary N) is 1. The first-order valence-electron chi connectivity index (χ1n) is 8.42. The lowest BCUT2D eigenvalue weighted by atomic mass is 9.98. The van der Waals surface area contributed by atoms with Crippen molar-refractivity contribution in [2.24, 2.45) is 0 Å². The lowest BCUT2D eigenvalue weighted by molar-refractivity contribution is 0.0935. The summed E-state index contributed by atoms with van der Waals surface area (Å²) >= 11 is 0. The van der Waals surface area contributed by atoms with Gasteiger partial charge in [-0.05, 0) is 48.4 Å². The molecule has 26 heavy (non-hydrogen) atoms. The molecule has 0 radical (unpaired) electrons. The molecular weight excluding hydrogens is 324 g/mol. The van der Waals surface area contributed by atoms with Gasteiger partial charge in [-0.3, -0.25) is 9.78 Å². The number of carbonyl (C=O) groups excluding carboxylic acids is 1.